The summed E-state index contributed by atoms with van der Waals surface area (Å²) in [6.45, 7) is 0. The van der Waals surface area contributed by atoms with Crippen molar-refractivity contribution in [3.05, 3.63) is 0 Å². The highest BCUT2D eigenvalue weighted by molar-refractivity contribution is 7.95. The van der Waals surface area contributed by atoms with Gasteiger partial charge in [0.25, 0.3) is 0 Å². The van der Waals surface area contributed by atoms with Gasteiger partial charge >= 0.3 is 0 Å². The summed E-state index contributed by atoms with van der Waals surface area (Å²) in [5.41, 5.74) is 0. The summed E-state index contributed by atoms with van der Waals surface area (Å²) in [6, 6.07) is 0. The third-order valence-electron chi connectivity index (χ3n) is 1.81. The lowest BCUT2D eigenvalue weighted by Crippen LogP contribution is -2.16. The normalized spacial score (nSPS) is 32.2. The lowest BCUT2D eigenvalue weighted by Gasteiger charge is -2.21. The van der Waals surface area contributed by atoms with Gasteiger partial charge in [-0.15, -0.1) is 4.33 Å². The highest BCUT2D eigenvalue weighted by atomic mass is 32.2. The number of hydrogen-bond donors (Lipinski definition) is 1. The number of hydrogen-bond acceptors (Lipinski definition) is 4. The molecule has 3 nitrogen and oxygen atoms in total. The zero-order chi connectivity index (χ0) is 8.10. The summed E-state index contributed by atoms with van der Waals surface area (Å²) in [6.07, 6.45) is 2.10. The van der Waals surface area contributed by atoms with Crippen LogP contribution in [0.15, 0.2) is 0 Å². The Bertz CT molecular complexity index is 103. The standard InChI is InChI=1S/C6H11FO3S/c7-5-1-3-6(4-2-5)11-10-9-8/h5-6,8H,1-4H2. The first kappa shape index (κ1) is 9.25. The van der Waals surface area contributed by atoms with E-state index in [1.54, 1.807) is 0 Å². The van der Waals surface area contributed by atoms with E-state index in [1.165, 1.54) is 0 Å². The Balaban J connectivity index is 2.07. The van der Waals surface area contributed by atoms with Crippen LogP contribution in [0.3, 0.4) is 0 Å². The topological polar surface area (TPSA) is 38.7 Å². The third-order valence-corrected chi connectivity index (χ3v) is 2.69. The molecular weight excluding hydrogens is 171 g/mol. The van der Waals surface area contributed by atoms with Crippen LogP contribution in [0, 0.1) is 0 Å². The van der Waals surface area contributed by atoms with Crippen molar-refractivity contribution in [3.8, 4) is 0 Å². The summed E-state index contributed by atoms with van der Waals surface area (Å²) in [7, 11) is 0. The second-order valence-corrected chi connectivity index (χ2v) is 3.61. The molecule has 1 rings (SSSR count). The van der Waals surface area contributed by atoms with Crippen LogP contribution in [0.2, 0.25) is 0 Å². The Morgan fingerprint density at radius 3 is 2.45 bits per heavy atom. The van der Waals surface area contributed by atoms with Crippen LogP contribution in [0.25, 0.3) is 0 Å². The maximum atomic E-state index is 12.5. The molecule has 11 heavy (non-hydrogen) atoms. The van der Waals surface area contributed by atoms with E-state index in [9.17, 15) is 4.39 Å². The molecule has 1 N–H and O–H groups in total. The van der Waals surface area contributed by atoms with Crippen molar-refractivity contribution in [1.29, 1.82) is 0 Å². The Kier molecular flexibility index (Phi) is 4.14. The SMILES string of the molecule is OOOSC1CCC(F)CC1. The lowest BCUT2D eigenvalue weighted by atomic mass is 9.99. The molecule has 0 heterocycles. The fourth-order valence-corrected chi connectivity index (χ4v) is 1.80. The summed E-state index contributed by atoms with van der Waals surface area (Å²) in [4.78, 5) is 0. The van der Waals surface area contributed by atoms with Crippen molar-refractivity contribution in [3.63, 3.8) is 0 Å². The van der Waals surface area contributed by atoms with Gasteiger partial charge in [0.1, 0.15) is 6.17 Å². The first-order valence-electron chi connectivity index (χ1n) is 3.60. The fraction of sp³-hybridized carbons (Fsp3) is 1.00. The van der Waals surface area contributed by atoms with Crippen LogP contribution in [0.4, 0.5) is 4.39 Å². The Morgan fingerprint density at radius 1 is 1.27 bits per heavy atom. The molecule has 0 aromatic heterocycles. The average molecular weight is 182 g/mol. The first-order chi connectivity index (χ1) is 5.33. The van der Waals surface area contributed by atoms with Gasteiger partial charge < -0.3 is 0 Å². The second kappa shape index (κ2) is 4.92. The van der Waals surface area contributed by atoms with Gasteiger partial charge in [-0.3, -0.25) is 0 Å². The predicted molar refractivity (Wildman–Crippen MR) is 39.5 cm³/mol. The molecule has 5 heteroatoms. The van der Waals surface area contributed by atoms with Crippen molar-refractivity contribution in [2.45, 2.75) is 37.1 Å². The Hall–Kier alpha value is 0.160. The van der Waals surface area contributed by atoms with Gasteiger partial charge in [-0.2, -0.15) is 0 Å². The molecule has 1 aliphatic rings. The molecular formula is C6H11FO3S. The molecule has 0 aromatic rings. The second-order valence-electron chi connectivity index (χ2n) is 2.61. The monoisotopic (exact) mass is 182 g/mol. The van der Waals surface area contributed by atoms with E-state index < -0.39 is 6.17 Å². The van der Waals surface area contributed by atoms with Gasteiger partial charge in [0, 0.05) is 17.3 Å². The minimum absolute atomic E-state index is 0.258. The number of halogens is 1. The third kappa shape index (κ3) is 3.37. The number of rotatable bonds is 3. The molecule has 0 saturated heterocycles. The fourth-order valence-electron chi connectivity index (χ4n) is 1.19. The predicted octanol–water partition coefficient (Wildman–Crippen LogP) is 2.34. The summed E-state index contributed by atoms with van der Waals surface area (Å²) < 4.78 is 16.8. The maximum Gasteiger partial charge on any atom is 0.100 e. The van der Waals surface area contributed by atoms with Crippen molar-refractivity contribution in [2.24, 2.45) is 0 Å². The van der Waals surface area contributed by atoms with Crippen molar-refractivity contribution >= 4 is 12.0 Å². The molecule has 1 fully saturated rings. The zero-order valence-electron chi connectivity index (χ0n) is 6.03. The van der Waals surface area contributed by atoms with Gasteiger partial charge in [0.15, 0.2) is 0 Å². The van der Waals surface area contributed by atoms with E-state index in [0.717, 1.165) is 24.9 Å². The molecule has 0 aliphatic heterocycles. The van der Waals surface area contributed by atoms with Gasteiger partial charge in [0.2, 0.25) is 0 Å². The van der Waals surface area contributed by atoms with Crippen LogP contribution < -0.4 is 0 Å². The van der Waals surface area contributed by atoms with Crippen molar-refractivity contribution < 1.29 is 19.0 Å². The smallest absolute Gasteiger partial charge is 0.100 e. The van der Waals surface area contributed by atoms with Gasteiger partial charge in [-0.1, -0.05) is 5.04 Å². The Labute approximate surface area is 68.9 Å². The molecule has 1 aliphatic carbocycles. The highest BCUT2D eigenvalue weighted by Gasteiger charge is 2.21. The quantitative estimate of drug-likeness (QED) is 0.413. The minimum atomic E-state index is -0.651. The van der Waals surface area contributed by atoms with Gasteiger partial charge in [-0.25, -0.2) is 9.65 Å². The molecule has 0 bridgehead atoms. The first-order valence-corrected chi connectivity index (χ1v) is 4.41. The molecule has 0 spiro atoms. The molecule has 0 aromatic carbocycles. The van der Waals surface area contributed by atoms with Gasteiger partial charge in [0.05, 0.1) is 0 Å². The van der Waals surface area contributed by atoms with Crippen molar-refractivity contribution in [1.82, 2.24) is 0 Å². The molecule has 0 atom stereocenters. The summed E-state index contributed by atoms with van der Waals surface area (Å²) >= 11 is 1.06. The molecule has 0 unspecified atom stereocenters. The maximum absolute atomic E-state index is 12.5. The van der Waals surface area contributed by atoms with Crippen LogP contribution in [-0.4, -0.2) is 16.7 Å². The zero-order valence-corrected chi connectivity index (χ0v) is 6.85. The molecule has 66 valence electrons. The van der Waals surface area contributed by atoms with Crippen LogP contribution in [0.1, 0.15) is 25.7 Å². The van der Waals surface area contributed by atoms with Gasteiger partial charge in [-0.05, 0) is 25.7 Å². The lowest BCUT2D eigenvalue weighted by molar-refractivity contribution is -0.432. The van der Waals surface area contributed by atoms with E-state index in [2.05, 4.69) is 9.37 Å². The largest absolute Gasteiger partial charge is 0.247 e. The average Bonchev–Trinajstić information content (AvgIpc) is 2.04. The summed E-state index contributed by atoms with van der Waals surface area (Å²) in [5, 5.41) is 11.5. The minimum Gasteiger partial charge on any atom is -0.247 e. The van der Waals surface area contributed by atoms with E-state index in [1.807, 2.05) is 0 Å². The molecule has 0 amide bonds. The van der Waals surface area contributed by atoms with Crippen LogP contribution >= 0.6 is 12.0 Å². The number of alkyl halides is 1. The molecule has 1 saturated carbocycles. The van der Waals surface area contributed by atoms with Crippen LogP contribution in [-0.2, 0) is 9.37 Å². The molecule has 0 radical (unpaired) electrons. The van der Waals surface area contributed by atoms with E-state index in [-0.39, 0.29) is 5.25 Å². The summed E-state index contributed by atoms with van der Waals surface area (Å²) in [5.74, 6) is 0. The van der Waals surface area contributed by atoms with E-state index in [0.29, 0.717) is 12.8 Å². The highest BCUT2D eigenvalue weighted by Crippen LogP contribution is 2.30. The van der Waals surface area contributed by atoms with Crippen LogP contribution in [0.5, 0.6) is 0 Å². The Morgan fingerprint density at radius 2 is 1.91 bits per heavy atom. The van der Waals surface area contributed by atoms with E-state index >= 15 is 0 Å². The van der Waals surface area contributed by atoms with E-state index in [4.69, 9.17) is 5.26 Å². The van der Waals surface area contributed by atoms with Crippen molar-refractivity contribution in [2.75, 3.05) is 0 Å².